The van der Waals surface area contributed by atoms with Gasteiger partial charge in [0.25, 0.3) is 0 Å². The highest BCUT2D eigenvalue weighted by Crippen LogP contribution is 2.37. The molecule has 32 heavy (non-hydrogen) atoms. The van der Waals surface area contributed by atoms with Gasteiger partial charge in [0.2, 0.25) is 0 Å². The molecule has 0 unspecified atom stereocenters. The van der Waals surface area contributed by atoms with E-state index in [1.54, 1.807) is 31.2 Å². The third-order valence-electron chi connectivity index (χ3n) is 5.43. The van der Waals surface area contributed by atoms with Gasteiger partial charge in [-0.15, -0.1) is 0 Å². The van der Waals surface area contributed by atoms with Crippen LogP contribution < -0.4 is 5.32 Å². The predicted molar refractivity (Wildman–Crippen MR) is 112 cm³/mol. The van der Waals surface area contributed by atoms with Crippen molar-refractivity contribution in [3.8, 4) is 11.3 Å². The maximum atomic E-state index is 13.5. The van der Waals surface area contributed by atoms with E-state index in [2.05, 4.69) is 20.4 Å². The Morgan fingerprint density at radius 1 is 0.938 bits per heavy atom. The lowest BCUT2D eigenvalue weighted by atomic mass is 10.1. The molecule has 1 aliphatic heterocycles. The van der Waals surface area contributed by atoms with Gasteiger partial charge in [0.05, 0.1) is 11.5 Å². The average molecular weight is 439 g/mol. The molecule has 1 saturated heterocycles. The molecule has 0 aliphatic carbocycles. The Kier molecular flexibility index (Phi) is 5.04. The second-order valence-electron chi connectivity index (χ2n) is 7.57. The van der Waals surface area contributed by atoms with Crippen LogP contribution in [0.2, 0.25) is 0 Å². The lowest BCUT2D eigenvalue weighted by Crippen LogP contribution is -2.30. The van der Waals surface area contributed by atoms with Crippen molar-refractivity contribution >= 4 is 22.5 Å². The molecule has 2 aromatic carbocycles. The Morgan fingerprint density at radius 2 is 1.59 bits per heavy atom. The zero-order valence-corrected chi connectivity index (χ0v) is 16.9. The number of hydrogen-bond acceptors (Lipinski definition) is 7. The molecule has 10 heteroatoms. The first-order valence-electron chi connectivity index (χ1n) is 9.95. The Balaban J connectivity index is 1.69. The van der Waals surface area contributed by atoms with Gasteiger partial charge in [-0.1, -0.05) is 0 Å². The van der Waals surface area contributed by atoms with Crippen LogP contribution in [0.3, 0.4) is 0 Å². The average Bonchev–Trinajstić information content (AvgIpc) is 3.29. The van der Waals surface area contributed by atoms with Crippen molar-refractivity contribution in [3.05, 3.63) is 66.5 Å². The number of hydrogen-bond donors (Lipinski definition) is 3. The number of rotatable bonds is 4. The highest BCUT2D eigenvalue weighted by Gasteiger charge is 2.43. The second-order valence-corrected chi connectivity index (χ2v) is 7.57. The number of benzene rings is 2. The number of nitrogens with zero attached hydrogens (tertiary/aromatic N) is 4. The maximum Gasteiger partial charge on any atom is 0.181 e. The smallest absolute Gasteiger partial charge is 0.181 e. The van der Waals surface area contributed by atoms with Gasteiger partial charge < -0.3 is 20.3 Å². The van der Waals surface area contributed by atoms with Gasteiger partial charge in [-0.25, -0.2) is 23.4 Å². The monoisotopic (exact) mass is 439 g/mol. The van der Waals surface area contributed by atoms with E-state index in [-0.39, 0.29) is 5.82 Å². The summed E-state index contributed by atoms with van der Waals surface area (Å²) in [5, 5.41) is 28.9. The van der Waals surface area contributed by atoms with Crippen molar-refractivity contribution in [1.29, 1.82) is 0 Å². The van der Waals surface area contributed by atoms with Crippen molar-refractivity contribution in [2.45, 2.75) is 31.5 Å². The van der Waals surface area contributed by atoms with Crippen LogP contribution in [0, 0.1) is 11.6 Å². The molecule has 8 nitrogen and oxygen atoms in total. The minimum Gasteiger partial charge on any atom is -0.388 e. The summed E-state index contributed by atoms with van der Waals surface area (Å²) in [5.41, 5.74) is 1.95. The summed E-state index contributed by atoms with van der Waals surface area (Å²) in [4.78, 5) is 8.65. The molecule has 0 bridgehead atoms. The molecule has 1 aliphatic rings. The van der Waals surface area contributed by atoms with Crippen molar-refractivity contribution < 1.29 is 23.7 Å². The first-order chi connectivity index (χ1) is 15.4. The number of anilines is 2. The van der Waals surface area contributed by atoms with Crippen LogP contribution in [0.25, 0.3) is 22.3 Å². The van der Waals surface area contributed by atoms with Crippen molar-refractivity contribution in [2.75, 3.05) is 5.32 Å². The molecular weight excluding hydrogens is 420 g/mol. The molecule has 3 heterocycles. The van der Waals surface area contributed by atoms with Gasteiger partial charge in [0.1, 0.15) is 41.7 Å². The maximum absolute atomic E-state index is 13.5. The fraction of sp³-hybridized carbons (Fsp3) is 0.227. The number of aliphatic hydroxyl groups excluding tert-OH is 2. The number of ether oxygens (including phenoxy) is 1. The van der Waals surface area contributed by atoms with Crippen LogP contribution in [0.5, 0.6) is 0 Å². The first-order valence-corrected chi connectivity index (χ1v) is 9.95. The number of nitrogens with one attached hydrogen (secondary N) is 1. The van der Waals surface area contributed by atoms with Crippen LogP contribution in [0.4, 0.5) is 20.3 Å². The summed E-state index contributed by atoms with van der Waals surface area (Å²) in [5.74, 6) is -0.388. The molecule has 1 fully saturated rings. The minimum atomic E-state index is -1.22. The zero-order valence-electron chi connectivity index (χ0n) is 16.9. The normalized spacial score (nSPS) is 23.0. The van der Waals surface area contributed by atoms with E-state index in [1.807, 2.05) is 0 Å². The molecular formula is C22H19F2N5O3. The molecule has 0 spiro atoms. The van der Waals surface area contributed by atoms with Crippen LogP contribution in [-0.2, 0) is 4.74 Å². The molecule has 0 saturated carbocycles. The van der Waals surface area contributed by atoms with E-state index in [0.717, 1.165) is 0 Å². The summed E-state index contributed by atoms with van der Waals surface area (Å²) in [6.45, 7) is 1.65. The highest BCUT2D eigenvalue weighted by atomic mass is 19.1. The number of aliphatic hydroxyl groups is 2. The lowest BCUT2D eigenvalue weighted by Gasteiger charge is -2.15. The zero-order chi connectivity index (χ0) is 22.4. The quantitative estimate of drug-likeness (QED) is 0.449. The lowest BCUT2D eigenvalue weighted by molar-refractivity contribution is -0.0370. The molecule has 4 atom stereocenters. The van der Waals surface area contributed by atoms with Crippen LogP contribution in [0.15, 0.2) is 54.9 Å². The van der Waals surface area contributed by atoms with E-state index in [4.69, 9.17) is 4.74 Å². The fourth-order valence-corrected chi connectivity index (χ4v) is 3.75. The Labute approximate surface area is 181 Å². The second kappa shape index (κ2) is 7.90. The van der Waals surface area contributed by atoms with Gasteiger partial charge in [0.15, 0.2) is 11.9 Å². The van der Waals surface area contributed by atoms with E-state index in [9.17, 15) is 19.0 Å². The Hall–Kier alpha value is -3.47. The predicted octanol–water partition coefficient (Wildman–Crippen LogP) is 3.15. The Bertz CT molecular complexity index is 1260. The molecule has 5 rings (SSSR count). The summed E-state index contributed by atoms with van der Waals surface area (Å²) in [6.07, 6.45) is -2.58. The highest BCUT2D eigenvalue weighted by molar-refractivity contribution is 6.00. The fourth-order valence-electron chi connectivity index (χ4n) is 3.75. The third kappa shape index (κ3) is 3.48. The molecule has 0 radical (unpaired) electrons. The first kappa shape index (κ1) is 20.4. The van der Waals surface area contributed by atoms with Crippen molar-refractivity contribution in [2.24, 2.45) is 0 Å². The summed E-state index contributed by atoms with van der Waals surface area (Å²) in [6, 6.07) is 11.5. The van der Waals surface area contributed by atoms with Gasteiger partial charge in [0, 0.05) is 11.3 Å². The van der Waals surface area contributed by atoms with Crippen molar-refractivity contribution in [1.82, 2.24) is 19.7 Å². The molecule has 2 aromatic heterocycles. The summed E-state index contributed by atoms with van der Waals surface area (Å²) < 4.78 is 34.0. The SMILES string of the molecule is C[C@@H]1O[C@@H](n2nc(-c3ccc(F)cc3)c3c(Nc4ccc(F)cc4)ncnc32)[C@H](O)[C@@H]1O. The van der Waals surface area contributed by atoms with Gasteiger partial charge in [-0.05, 0) is 55.5 Å². The number of halogens is 2. The van der Waals surface area contributed by atoms with Crippen molar-refractivity contribution in [3.63, 3.8) is 0 Å². The standard InChI is InChI=1S/C22H19F2N5O3/c1-11-18(30)19(31)22(32-11)29-21-16(17(28-29)12-2-4-13(23)5-3-12)20(25-10-26-21)27-15-8-6-14(24)7-9-15/h2-11,18-19,22,30-31H,1H3,(H,25,26,27)/t11-,18+,19+,22+/m0/s1. The van der Waals surface area contributed by atoms with E-state index in [0.29, 0.717) is 33.8 Å². The van der Waals surface area contributed by atoms with Crippen LogP contribution in [0.1, 0.15) is 13.2 Å². The number of fused-ring (bicyclic) bond motifs is 1. The molecule has 4 aromatic rings. The summed E-state index contributed by atoms with van der Waals surface area (Å²) in [7, 11) is 0. The Morgan fingerprint density at radius 3 is 2.22 bits per heavy atom. The largest absolute Gasteiger partial charge is 0.388 e. The van der Waals surface area contributed by atoms with Gasteiger partial charge in [-0.2, -0.15) is 5.10 Å². The topological polar surface area (TPSA) is 105 Å². The van der Waals surface area contributed by atoms with Crippen LogP contribution in [-0.4, -0.2) is 48.3 Å². The molecule has 3 N–H and O–H groups in total. The van der Waals surface area contributed by atoms with E-state index < -0.39 is 30.4 Å². The minimum absolute atomic E-state index is 0.342. The van der Waals surface area contributed by atoms with E-state index >= 15 is 0 Å². The van der Waals surface area contributed by atoms with Gasteiger partial charge in [-0.3, -0.25) is 0 Å². The van der Waals surface area contributed by atoms with E-state index in [1.165, 1.54) is 35.3 Å². The third-order valence-corrected chi connectivity index (χ3v) is 5.43. The van der Waals surface area contributed by atoms with Crippen LogP contribution >= 0.6 is 0 Å². The summed E-state index contributed by atoms with van der Waals surface area (Å²) >= 11 is 0. The van der Waals surface area contributed by atoms with Gasteiger partial charge >= 0.3 is 0 Å². The number of aromatic nitrogens is 4. The molecule has 164 valence electrons. The molecule has 0 amide bonds.